The van der Waals surface area contributed by atoms with Gasteiger partial charge in [0.15, 0.2) is 0 Å². The predicted octanol–water partition coefficient (Wildman–Crippen LogP) is 7.88. The summed E-state index contributed by atoms with van der Waals surface area (Å²) in [7, 11) is -3.86. The van der Waals surface area contributed by atoms with Crippen LogP contribution in [0.3, 0.4) is 0 Å². The maximum atomic E-state index is 13.6. The van der Waals surface area contributed by atoms with Crippen LogP contribution in [-0.4, -0.2) is 24.3 Å². The molecule has 174 valence electrons. The van der Waals surface area contributed by atoms with Gasteiger partial charge in [-0.15, -0.1) is 0 Å². The average molecular weight is 570 g/mol. The highest BCUT2D eigenvalue weighted by molar-refractivity contribution is 9.10. The molecule has 1 heterocycles. The first-order valence-corrected chi connectivity index (χ1v) is 13.5. The Morgan fingerprint density at radius 1 is 1.06 bits per heavy atom. The third kappa shape index (κ3) is 4.20. The molecule has 0 aliphatic heterocycles. The second kappa shape index (κ2) is 8.38. The minimum Gasteiger partial charge on any atom is -0.506 e. The van der Waals surface area contributed by atoms with E-state index in [9.17, 15) is 13.5 Å². The van der Waals surface area contributed by atoms with Crippen LogP contribution in [-0.2, 0) is 15.4 Å². The first-order chi connectivity index (χ1) is 15.3. The first kappa shape index (κ1) is 24.2. The van der Waals surface area contributed by atoms with Gasteiger partial charge in [0.25, 0.3) is 0 Å². The molecule has 1 aromatic heterocycles. The summed E-state index contributed by atoms with van der Waals surface area (Å²) in [5.41, 5.74) is 1.79. The number of aromatic hydroxyl groups is 1. The highest BCUT2D eigenvalue weighted by atomic mass is 79.9. The Kier molecular flexibility index (Phi) is 6.15. The van der Waals surface area contributed by atoms with E-state index >= 15 is 0 Å². The van der Waals surface area contributed by atoms with E-state index in [0.29, 0.717) is 5.69 Å². The summed E-state index contributed by atoms with van der Waals surface area (Å²) in [6, 6.07) is 12.5. The molecule has 0 saturated heterocycles. The minimum atomic E-state index is -3.86. The number of sulfonamides is 1. The van der Waals surface area contributed by atoms with Crippen LogP contribution in [0.1, 0.15) is 33.4 Å². The number of nitrogens with one attached hydrogen (secondary N) is 1. The Hall–Kier alpha value is -1.93. The van der Waals surface area contributed by atoms with Crippen LogP contribution in [0.5, 0.6) is 5.75 Å². The molecule has 0 fully saturated rings. The summed E-state index contributed by atoms with van der Waals surface area (Å²) in [4.78, 5) is 3.46. The van der Waals surface area contributed by atoms with Gasteiger partial charge in [-0.2, -0.15) is 0 Å². The lowest BCUT2D eigenvalue weighted by molar-refractivity contribution is 0.475. The fourth-order valence-corrected chi connectivity index (χ4v) is 5.92. The van der Waals surface area contributed by atoms with Gasteiger partial charge >= 0.3 is 0 Å². The van der Waals surface area contributed by atoms with Gasteiger partial charge in [0.1, 0.15) is 5.75 Å². The second-order valence-electron chi connectivity index (χ2n) is 8.87. The summed E-state index contributed by atoms with van der Waals surface area (Å²) in [5, 5.41) is 12.7. The number of nitrogens with zero attached hydrogens (tertiary/aromatic N) is 1. The lowest BCUT2D eigenvalue weighted by atomic mass is 9.90. The van der Waals surface area contributed by atoms with Gasteiger partial charge in [0, 0.05) is 32.6 Å². The van der Waals surface area contributed by atoms with E-state index in [2.05, 4.69) is 20.9 Å². The quantitative estimate of drug-likeness (QED) is 0.262. The zero-order chi connectivity index (χ0) is 24.3. The lowest BCUT2D eigenvalue weighted by Crippen LogP contribution is -2.30. The molecule has 0 radical (unpaired) electrons. The molecule has 33 heavy (non-hydrogen) atoms. The maximum absolute atomic E-state index is 13.6. The summed E-state index contributed by atoms with van der Waals surface area (Å²) >= 11 is 16.2. The van der Waals surface area contributed by atoms with Crippen LogP contribution in [0.2, 0.25) is 10.0 Å². The third-order valence-corrected chi connectivity index (χ3v) is 8.31. The van der Waals surface area contributed by atoms with E-state index in [4.69, 9.17) is 23.2 Å². The fourth-order valence-electron chi connectivity index (χ4n) is 3.94. The number of benzene rings is 3. The van der Waals surface area contributed by atoms with Crippen molar-refractivity contribution in [2.45, 2.75) is 33.1 Å². The molecule has 0 aliphatic carbocycles. The number of hydrogen-bond donors (Lipinski definition) is 2. The van der Waals surface area contributed by atoms with Gasteiger partial charge in [-0.3, -0.25) is 0 Å². The van der Waals surface area contributed by atoms with Gasteiger partial charge in [-0.25, -0.2) is 12.7 Å². The second-order valence-corrected chi connectivity index (χ2v) is 12.7. The molecule has 4 aromatic rings. The van der Waals surface area contributed by atoms with Crippen molar-refractivity contribution >= 4 is 82.2 Å². The number of anilines is 2. The molecule has 9 heteroatoms. The Balaban J connectivity index is 2.25. The molecule has 3 aromatic carbocycles. The summed E-state index contributed by atoms with van der Waals surface area (Å²) < 4.78 is 29.4. The van der Waals surface area contributed by atoms with E-state index in [1.165, 1.54) is 16.4 Å². The number of hydrogen-bond acceptors (Lipinski definition) is 3. The third-order valence-electron chi connectivity index (χ3n) is 5.55. The van der Waals surface area contributed by atoms with Gasteiger partial charge in [0.05, 0.1) is 27.2 Å². The number of H-pyrrole nitrogens is 1. The zero-order valence-electron chi connectivity index (χ0n) is 18.5. The number of halogens is 3. The maximum Gasteiger partial charge on any atom is 0.239 e. The molecule has 5 nitrogen and oxygen atoms in total. The van der Waals surface area contributed by atoms with E-state index in [-0.39, 0.29) is 27.2 Å². The molecule has 0 spiro atoms. The van der Waals surface area contributed by atoms with E-state index in [1.807, 2.05) is 51.1 Å². The topological polar surface area (TPSA) is 73.4 Å². The Morgan fingerprint density at radius 2 is 1.73 bits per heavy atom. The van der Waals surface area contributed by atoms with Crippen LogP contribution in [0, 0.1) is 0 Å². The van der Waals surface area contributed by atoms with Crippen molar-refractivity contribution in [1.29, 1.82) is 0 Å². The van der Waals surface area contributed by atoms with Crippen LogP contribution in [0.4, 0.5) is 11.4 Å². The fraction of sp³-hybridized carbons (Fsp3) is 0.250. The van der Waals surface area contributed by atoms with Crippen LogP contribution in [0.15, 0.2) is 46.9 Å². The van der Waals surface area contributed by atoms with Crippen LogP contribution >= 0.6 is 39.1 Å². The van der Waals surface area contributed by atoms with Gasteiger partial charge in [-0.1, -0.05) is 72.0 Å². The van der Waals surface area contributed by atoms with E-state index in [1.54, 1.807) is 6.92 Å². The summed E-state index contributed by atoms with van der Waals surface area (Å²) in [6.07, 6.45) is 0. The number of phenols is 1. The molecule has 0 saturated carbocycles. The molecule has 0 bridgehead atoms. The smallest absolute Gasteiger partial charge is 0.239 e. The highest BCUT2D eigenvalue weighted by Gasteiger charge is 2.34. The highest BCUT2D eigenvalue weighted by Crippen LogP contribution is 2.48. The molecule has 2 N–H and O–H groups in total. The molecule has 0 amide bonds. The summed E-state index contributed by atoms with van der Waals surface area (Å²) in [6.45, 7) is 7.63. The lowest BCUT2D eigenvalue weighted by Gasteiger charge is -2.29. The number of aromatic nitrogens is 1. The Morgan fingerprint density at radius 3 is 2.36 bits per heavy atom. The van der Waals surface area contributed by atoms with Crippen molar-refractivity contribution in [3.8, 4) is 5.75 Å². The van der Waals surface area contributed by atoms with Crippen molar-refractivity contribution in [2.75, 3.05) is 10.1 Å². The molecule has 4 rings (SSSR count). The van der Waals surface area contributed by atoms with E-state index < -0.39 is 15.4 Å². The largest absolute Gasteiger partial charge is 0.506 e. The molecule has 0 aliphatic rings. The zero-order valence-corrected chi connectivity index (χ0v) is 22.4. The van der Waals surface area contributed by atoms with E-state index in [0.717, 1.165) is 31.8 Å². The number of aromatic amines is 1. The van der Waals surface area contributed by atoms with Crippen LogP contribution in [0.25, 0.3) is 21.7 Å². The SMILES string of the molecule is CCS(=O)(=O)N(c1cc(Cl)c(O)cc1Cl)c1c(C(C)(C)C)[nH]c2ccc3ccc(Br)cc3c12. The monoisotopic (exact) mass is 568 g/mol. The normalized spacial score (nSPS) is 12.6. The number of fused-ring (bicyclic) bond motifs is 3. The molecular formula is C24H23BrCl2N2O3S. The average Bonchev–Trinajstić information content (AvgIpc) is 3.12. The number of rotatable bonds is 4. The Bertz CT molecular complexity index is 1510. The predicted molar refractivity (Wildman–Crippen MR) is 142 cm³/mol. The molecule has 0 atom stereocenters. The molecule has 0 unspecified atom stereocenters. The van der Waals surface area contributed by atoms with Crippen molar-refractivity contribution < 1.29 is 13.5 Å². The number of phenolic OH excluding ortho intramolecular Hbond substituents is 1. The van der Waals surface area contributed by atoms with Gasteiger partial charge < -0.3 is 10.1 Å². The van der Waals surface area contributed by atoms with Crippen LogP contribution < -0.4 is 4.31 Å². The summed E-state index contributed by atoms with van der Waals surface area (Å²) in [5.74, 6) is -0.379. The van der Waals surface area contributed by atoms with Gasteiger partial charge in [-0.05, 0) is 42.0 Å². The van der Waals surface area contributed by atoms with Crippen molar-refractivity contribution in [1.82, 2.24) is 4.98 Å². The Labute approximate surface area is 211 Å². The first-order valence-electron chi connectivity index (χ1n) is 10.3. The minimum absolute atomic E-state index is 0.00968. The van der Waals surface area contributed by atoms with Gasteiger partial charge in [0.2, 0.25) is 10.0 Å². The molecular weight excluding hydrogens is 547 g/mol. The van der Waals surface area contributed by atoms with Crippen molar-refractivity contribution in [3.05, 3.63) is 62.7 Å². The standard InChI is InChI=1S/C24H23BrCl2N2O3S/c1-5-33(31,32)29(19-11-17(27)20(30)12-16(19)26)22-21-15-10-14(25)8-6-13(15)7-9-18(21)28-23(22)24(2,3)4/h6-12,28,30H,5H2,1-4H3. The van der Waals surface area contributed by atoms with Crippen molar-refractivity contribution in [2.24, 2.45) is 0 Å². The van der Waals surface area contributed by atoms with Crippen molar-refractivity contribution in [3.63, 3.8) is 0 Å².